The molecule has 0 saturated heterocycles. The Kier molecular flexibility index (Phi) is 16.2. The standard InChI is InChI=1S/C12H26O2S2/c1-3-9-15-11-7-13-5-6-14-8-12-16-10-4-2/h3-12H2,1-2H3. The van der Waals surface area contributed by atoms with Crippen molar-refractivity contribution in [3.05, 3.63) is 0 Å². The molecule has 0 aromatic rings. The van der Waals surface area contributed by atoms with Crippen LogP contribution in [0, 0.1) is 0 Å². The molecule has 0 rings (SSSR count). The summed E-state index contributed by atoms with van der Waals surface area (Å²) < 4.78 is 10.9. The fraction of sp³-hybridized carbons (Fsp3) is 1.00. The summed E-state index contributed by atoms with van der Waals surface area (Å²) in [5.74, 6) is 4.71. The Labute approximate surface area is 109 Å². The molecule has 0 bridgehead atoms. The third kappa shape index (κ3) is 14.6. The lowest BCUT2D eigenvalue weighted by Crippen LogP contribution is -2.08. The molecule has 16 heavy (non-hydrogen) atoms. The summed E-state index contributed by atoms with van der Waals surface area (Å²) in [4.78, 5) is 0. The number of thioether (sulfide) groups is 2. The highest BCUT2D eigenvalue weighted by Crippen LogP contribution is 2.02. The molecular formula is C12H26O2S2. The lowest BCUT2D eigenvalue weighted by Gasteiger charge is -2.05. The molecule has 0 amide bonds. The maximum atomic E-state index is 5.46. The van der Waals surface area contributed by atoms with Gasteiger partial charge in [-0.3, -0.25) is 0 Å². The van der Waals surface area contributed by atoms with Crippen molar-refractivity contribution in [1.82, 2.24) is 0 Å². The summed E-state index contributed by atoms with van der Waals surface area (Å²) in [6.07, 6.45) is 2.51. The SMILES string of the molecule is CCCSCCOCCOCCSCCC. The summed E-state index contributed by atoms with van der Waals surface area (Å²) >= 11 is 3.92. The second-order valence-corrected chi connectivity index (χ2v) is 5.90. The van der Waals surface area contributed by atoms with E-state index in [1.165, 1.54) is 24.3 Å². The van der Waals surface area contributed by atoms with Crippen LogP contribution in [0.25, 0.3) is 0 Å². The van der Waals surface area contributed by atoms with E-state index in [0.717, 1.165) is 37.9 Å². The predicted molar refractivity (Wildman–Crippen MR) is 76.9 cm³/mol. The van der Waals surface area contributed by atoms with E-state index < -0.39 is 0 Å². The molecule has 0 saturated carbocycles. The molecule has 0 atom stereocenters. The molecule has 0 aromatic heterocycles. The van der Waals surface area contributed by atoms with Gasteiger partial charge in [0.05, 0.1) is 26.4 Å². The Morgan fingerprint density at radius 3 is 1.44 bits per heavy atom. The Bertz CT molecular complexity index is 110. The summed E-state index contributed by atoms with van der Waals surface area (Å²) in [7, 11) is 0. The van der Waals surface area contributed by atoms with Crippen molar-refractivity contribution in [2.75, 3.05) is 49.4 Å². The first kappa shape index (κ1) is 16.6. The van der Waals surface area contributed by atoms with Crippen molar-refractivity contribution in [3.8, 4) is 0 Å². The summed E-state index contributed by atoms with van der Waals surface area (Å²) in [6, 6.07) is 0. The second kappa shape index (κ2) is 15.6. The summed E-state index contributed by atoms with van der Waals surface area (Å²) in [5.41, 5.74) is 0. The Balaban J connectivity index is 2.83. The van der Waals surface area contributed by atoms with Gasteiger partial charge in [0.15, 0.2) is 0 Å². The zero-order valence-electron chi connectivity index (χ0n) is 10.7. The van der Waals surface area contributed by atoms with Crippen LogP contribution in [0.1, 0.15) is 26.7 Å². The van der Waals surface area contributed by atoms with Gasteiger partial charge >= 0.3 is 0 Å². The van der Waals surface area contributed by atoms with E-state index in [1.54, 1.807) is 0 Å². The van der Waals surface area contributed by atoms with Crippen LogP contribution in [-0.4, -0.2) is 49.4 Å². The molecule has 98 valence electrons. The largest absolute Gasteiger partial charge is 0.378 e. The number of hydrogen-bond acceptors (Lipinski definition) is 4. The van der Waals surface area contributed by atoms with E-state index in [1.807, 2.05) is 23.5 Å². The Morgan fingerprint density at radius 1 is 0.625 bits per heavy atom. The number of ether oxygens (including phenoxy) is 2. The molecule has 0 aliphatic carbocycles. The Hall–Kier alpha value is 0.620. The van der Waals surface area contributed by atoms with Crippen LogP contribution in [0.3, 0.4) is 0 Å². The van der Waals surface area contributed by atoms with Gasteiger partial charge in [-0.05, 0) is 24.3 Å². The monoisotopic (exact) mass is 266 g/mol. The van der Waals surface area contributed by atoms with Gasteiger partial charge in [-0.2, -0.15) is 23.5 Å². The molecule has 0 radical (unpaired) electrons. The first-order valence-electron chi connectivity index (χ1n) is 6.22. The fourth-order valence-electron chi connectivity index (χ4n) is 1.05. The molecule has 0 fully saturated rings. The highest BCUT2D eigenvalue weighted by molar-refractivity contribution is 7.99. The van der Waals surface area contributed by atoms with Gasteiger partial charge in [0, 0.05) is 11.5 Å². The molecule has 0 N–H and O–H groups in total. The maximum absolute atomic E-state index is 5.46. The van der Waals surface area contributed by atoms with E-state index in [9.17, 15) is 0 Å². The maximum Gasteiger partial charge on any atom is 0.0700 e. The lowest BCUT2D eigenvalue weighted by atomic mass is 10.6. The zero-order valence-corrected chi connectivity index (χ0v) is 12.3. The normalized spacial score (nSPS) is 10.9. The van der Waals surface area contributed by atoms with Crippen LogP contribution in [0.15, 0.2) is 0 Å². The van der Waals surface area contributed by atoms with E-state index in [-0.39, 0.29) is 0 Å². The zero-order chi connectivity index (χ0) is 11.9. The van der Waals surface area contributed by atoms with Crippen LogP contribution in [0.5, 0.6) is 0 Å². The average molecular weight is 266 g/mol. The third-order valence-electron chi connectivity index (χ3n) is 1.81. The molecule has 0 spiro atoms. The van der Waals surface area contributed by atoms with Gasteiger partial charge in [-0.15, -0.1) is 0 Å². The van der Waals surface area contributed by atoms with Crippen molar-refractivity contribution in [1.29, 1.82) is 0 Å². The van der Waals surface area contributed by atoms with Gasteiger partial charge < -0.3 is 9.47 Å². The van der Waals surface area contributed by atoms with Crippen LogP contribution < -0.4 is 0 Å². The number of rotatable bonds is 13. The van der Waals surface area contributed by atoms with Gasteiger partial charge in [0.25, 0.3) is 0 Å². The summed E-state index contributed by atoms with van der Waals surface area (Å²) in [6.45, 7) is 7.62. The minimum absolute atomic E-state index is 0.741. The van der Waals surface area contributed by atoms with Gasteiger partial charge in [-0.1, -0.05) is 13.8 Å². The van der Waals surface area contributed by atoms with Crippen LogP contribution in [0.4, 0.5) is 0 Å². The van der Waals surface area contributed by atoms with Crippen molar-refractivity contribution >= 4 is 23.5 Å². The minimum atomic E-state index is 0.741. The number of hydrogen-bond donors (Lipinski definition) is 0. The smallest absolute Gasteiger partial charge is 0.0700 e. The lowest BCUT2D eigenvalue weighted by molar-refractivity contribution is 0.0605. The molecule has 0 heterocycles. The molecular weight excluding hydrogens is 240 g/mol. The van der Waals surface area contributed by atoms with Crippen molar-refractivity contribution in [3.63, 3.8) is 0 Å². The minimum Gasteiger partial charge on any atom is -0.378 e. The molecule has 2 nitrogen and oxygen atoms in total. The van der Waals surface area contributed by atoms with Crippen molar-refractivity contribution in [2.24, 2.45) is 0 Å². The van der Waals surface area contributed by atoms with Crippen LogP contribution in [-0.2, 0) is 9.47 Å². The van der Waals surface area contributed by atoms with Crippen LogP contribution >= 0.6 is 23.5 Å². The van der Waals surface area contributed by atoms with Gasteiger partial charge in [0.1, 0.15) is 0 Å². The van der Waals surface area contributed by atoms with Gasteiger partial charge in [0.2, 0.25) is 0 Å². The topological polar surface area (TPSA) is 18.5 Å². The molecule has 0 aliphatic rings. The van der Waals surface area contributed by atoms with Crippen molar-refractivity contribution < 1.29 is 9.47 Å². The average Bonchev–Trinajstić information content (AvgIpc) is 2.31. The summed E-state index contributed by atoms with van der Waals surface area (Å²) in [5, 5.41) is 0. The molecule has 0 unspecified atom stereocenters. The van der Waals surface area contributed by atoms with E-state index in [4.69, 9.17) is 9.47 Å². The quantitative estimate of drug-likeness (QED) is 0.476. The highest BCUT2D eigenvalue weighted by Gasteiger charge is 1.91. The van der Waals surface area contributed by atoms with Crippen molar-refractivity contribution in [2.45, 2.75) is 26.7 Å². The molecule has 0 aromatic carbocycles. The van der Waals surface area contributed by atoms with Gasteiger partial charge in [-0.25, -0.2) is 0 Å². The third-order valence-corrected chi connectivity index (χ3v) is 4.12. The fourth-order valence-corrected chi connectivity index (χ4v) is 2.51. The molecule has 0 aliphatic heterocycles. The van der Waals surface area contributed by atoms with Crippen LogP contribution in [0.2, 0.25) is 0 Å². The predicted octanol–water partition coefficient (Wildman–Crippen LogP) is 3.31. The molecule has 4 heteroatoms. The van der Waals surface area contributed by atoms with E-state index in [2.05, 4.69) is 13.8 Å². The Morgan fingerprint density at radius 2 is 1.06 bits per heavy atom. The first-order valence-corrected chi connectivity index (χ1v) is 8.53. The first-order chi connectivity index (χ1) is 7.91. The van der Waals surface area contributed by atoms with E-state index >= 15 is 0 Å². The highest BCUT2D eigenvalue weighted by atomic mass is 32.2. The second-order valence-electron chi connectivity index (χ2n) is 3.45. The van der Waals surface area contributed by atoms with E-state index in [0.29, 0.717) is 0 Å².